The first-order valence-electron chi connectivity index (χ1n) is 52.5. The summed E-state index contributed by atoms with van der Waals surface area (Å²) >= 11 is 0. The second-order valence-corrected chi connectivity index (χ2v) is 45.3. The fourth-order valence-electron chi connectivity index (χ4n) is 19.5. The van der Waals surface area contributed by atoms with Crippen LogP contribution in [0.25, 0.3) is 0 Å². The van der Waals surface area contributed by atoms with Gasteiger partial charge in [-0.3, -0.25) is 111 Å². The van der Waals surface area contributed by atoms with Gasteiger partial charge in [0.05, 0.1) is 97.7 Å². The number of benzene rings is 2. The molecule has 2 aromatic rings. The van der Waals surface area contributed by atoms with E-state index in [0.29, 0.717) is 64.7 Å². The maximum Gasteiger partial charge on any atom is 0.305 e. The maximum absolute atomic E-state index is 14.4. The third kappa shape index (κ3) is 40.0. The molecular weight excluding hydrogens is 1940 g/mol. The third-order valence-electron chi connectivity index (χ3n) is 26.7. The average Bonchev–Trinajstić information content (AvgIpc) is 1.85. The minimum absolute atomic E-state index is 0.0458. The van der Waals surface area contributed by atoms with Gasteiger partial charge in [-0.05, 0) is 215 Å². The number of aryl methyl sites for hydroxylation is 2. The highest BCUT2D eigenvalue weighted by atomic mass is 16.4. The molecule has 0 spiro atoms. The minimum atomic E-state index is -1.58. The van der Waals surface area contributed by atoms with Crippen molar-refractivity contribution in [1.29, 1.82) is 0 Å². The van der Waals surface area contributed by atoms with Gasteiger partial charge < -0.3 is 110 Å². The van der Waals surface area contributed by atoms with Gasteiger partial charge in [-0.2, -0.15) is 0 Å². The van der Waals surface area contributed by atoms with Gasteiger partial charge in [-0.1, -0.05) is 129 Å². The molecule has 44 nitrogen and oxygen atoms in total. The van der Waals surface area contributed by atoms with Crippen LogP contribution in [0.5, 0.6) is 0 Å². The normalized spacial score (nSPS) is 27.9. The molecule has 0 unspecified atom stereocenters. The molecular formula is C106H168N18O26. The highest BCUT2D eigenvalue weighted by Crippen LogP contribution is 2.31. The molecule has 6 aliphatic rings. The van der Waals surface area contributed by atoms with E-state index in [1.807, 2.05) is 152 Å². The predicted molar refractivity (Wildman–Crippen MR) is 554 cm³/mol. The predicted octanol–water partition coefficient (Wildman–Crippen LogP) is 0.962. The summed E-state index contributed by atoms with van der Waals surface area (Å²) in [6.07, 6.45) is -4.03. The number of carboxylic acid groups (broad SMARTS) is 3. The fourth-order valence-corrected chi connectivity index (χ4v) is 19.5. The lowest BCUT2D eigenvalue weighted by atomic mass is 9.90. The zero-order valence-electron chi connectivity index (χ0n) is 91.3. The molecule has 838 valence electrons. The van der Waals surface area contributed by atoms with Crippen LogP contribution in [0, 0.1) is 55.3 Å². The molecule has 23 atom stereocenters. The Morgan fingerprint density at radius 2 is 0.633 bits per heavy atom. The van der Waals surface area contributed by atoms with E-state index in [2.05, 4.69) is 79.8 Å². The number of rotatable bonds is 26. The Labute approximate surface area is 879 Å². The summed E-state index contributed by atoms with van der Waals surface area (Å²) in [4.78, 5) is 275. The standard InChI is InChI=1S/C41H64N6O9.C38H58N6O9.C27H46N6O8/c1-22(2)17-28-32(49)20-27(21-33(50)51)36(52)45-34(25(6)48)39(55)43-29(18-23(3)4)35(40(56)46-41(7,8)9)47-16-10-11-31(47)38(54)44-30(37(53)42-28)19-26-14-12-24(5)13-15-26;1-20(2)16-26-29(46)18-25(19-30(47)48)33(49)42-31(23(5)45)36(52)39-22(4)32(37(53)43-38(6,7)8)44-15-9-10-28(44)35(51)41-27(34(50)40-26)17-24-13-11-21(3)12-14-24;1-13(2)10-17-23(37)30-18(11-20(35)36)24(38)32-21(16(6)34)26(40)29-15(5)22(27(41)28-12-14(3)4)33-9-7-8-19(33)25(39)31-17/h12-15,22-23,25,27-31,34-35,48H,10-11,16-21H2,1-9H3,(H,42,53)(H,43,55)(H,44,54)(H,45,52)(H,46,56)(H,50,51);11-14,20,22-23,25-28,31-32,45H,9-10,15-19H2,1-8H3,(H,39,52)(H,40,50)(H,41,51)(H,42,49)(H,43,53)(H,47,48);13-19,21-22,34H,7-12H2,1-6H3,(H,28,41)(H,29,40)(H,30,37)(H,31,39)(H,32,38)(H,35,36)/t25-,27+,28+,29+,30+,31+,34+,35+;22-,23+,25-,26-,27-,28-,31-,32-;15-,16+,17-,18-,19-,21-,22-/m100/s1. The van der Waals surface area contributed by atoms with E-state index >= 15 is 0 Å². The lowest BCUT2D eigenvalue weighted by Crippen LogP contribution is -2.66. The Balaban J connectivity index is 0.000000347. The summed E-state index contributed by atoms with van der Waals surface area (Å²) < 4.78 is 0. The Morgan fingerprint density at radius 1 is 0.340 bits per heavy atom. The molecule has 0 saturated carbocycles. The molecule has 6 fully saturated rings. The number of aliphatic hydroxyl groups is 3. The van der Waals surface area contributed by atoms with Crippen LogP contribution in [-0.2, 0) is 109 Å². The Hall–Kier alpha value is -12.0. The molecule has 0 aromatic heterocycles. The molecule has 0 bridgehead atoms. The largest absolute Gasteiger partial charge is 0.481 e. The van der Waals surface area contributed by atoms with Crippen LogP contribution in [0.1, 0.15) is 264 Å². The number of fused-ring (bicyclic) bond motifs is 3. The molecule has 6 heterocycles. The number of nitrogens with zero attached hydrogens (tertiary/aromatic N) is 3. The van der Waals surface area contributed by atoms with Crippen LogP contribution in [0.2, 0.25) is 0 Å². The number of carboxylic acids is 3. The molecule has 44 heteroatoms. The van der Waals surface area contributed by atoms with E-state index < -0.39 is 300 Å². The highest BCUT2D eigenvalue weighted by Gasteiger charge is 2.51. The average molecular weight is 2110 g/mol. The second kappa shape index (κ2) is 58.0. The first kappa shape index (κ1) is 127. The number of aliphatic carboxylic acids is 3. The molecule has 0 radical (unpaired) electrons. The smallest absolute Gasteiger partial charge is 0.305 e. The molecule has 21 N–H and O–H groups in total. The fraction of sp³-hybridized carbons (Fsp3) is 0.698. The Kier molecular flexibility index (Phi) is 49.0. The van der Waals surface area contributed by atoms with E-state index in [0.717, 1.165) is 22.3 Å². The van der Waals surface area contributed by atoms with E-state index in [-0.39, 0.29) is 68.1 Å². The molecule has 6 aliphatic heterocycles. The quantitative estimate of drug-likeness (QED) is 0.0624. The number of hydrogen-bond acceptors (Lipinski definition) is 26. The molecule has 6 saturated heterocycles. The number of carbonyl (C=O) groups is 20. The Bertz CT molecular complexity index is 5020. The van der Waals surface area contributed by atoms with Crippen molar-refractivity contribution in [2.75, 3.05) is 26.2 Å². The third-order valence-corrected chi connectivity index (χ3v) is 26.7. The minimum Gasteiger partial charge on any atom is -0.481 e. The van der Waals surface area contributed by atoms with Crippen molar-refractivity contribution in [1.82, 2.24) is 94.5 Å². The second-order valence-electron chi connectivity index (χ2n) is 45.3. The number of ketones is 2. The van der Waals surface area contributed by atoms with Crippen molar-refractivity contribution in [3.63, 3.8) is 0 Å². The summed E-state index contributed by atoms with van der Waals surface area (Å²) in [5, 5.41) is 101. The van der Waals surface area contributed by atoms with Gasteiger partial charge in [0.15, 0.2) is 11.6 Å². The van der Waals surface area contributed by atoms with Crippen LogP contribution in [-0.4, -0.2) is 328 Å². The van der Waals surface area contributed by atoms with Crippen molar-refractivity contribution < 1.29 is 127 Å². The molecule has 0 aliphatic carbocycles. The van der Waals surface area contributed by atoms with Gasteiger partial charge in [0.1, 0.15) is 60.4 Å². The van der Waals surface area contributed by atoms with Crippen molar-refractivity contribution in [3.8, 4) is 0 Å². The number of carbonyl (C=O) groups excluding carboxylic acids is 17. The van der Waals surface area contributed by atoms with Crippen LogP contribution in [0.3, 0.4) is 0 Å². The van der Waals surface area contributed by atoms with Crippen LogP contribution in [0.15, 0.2) is 48.5 Å². The first-order valence-corrected chi connectivity index (χ1v) is 52.5. The van der Waals surface area contributed by atoms with Crippen molar-refractivity contribution in [2.24, 2.45) is 41.4 Å². The highest BCUT2D eigenvalue weighted by molar-refractivity contribution is 6.02. The summed E-state index contributed by atoms with van der Waals surface area (Å²) in [6.45, 7) is 41.8. The van der Waals surface area contributed by atoms with E-state index in [1.54, 1.807) is 49.3 Å². The molecule has 15 amide bonds. The molecule has 150 heavy (non-hydrogen) atoms. The Morgan fingerprint density at radius 3 is 0.967 bits per heavy atom. The maximum atomic E-state index is 14.4. The van der Waals surface area contributed by atoms with Crippen LogP contribution >= 0.6 is 0 Å². The number of amides is 15. The summed E-state index contributed by atoms with van der Waals surface area (Å²) in [5.74, 6) is -18.6. The van der Waals surface area contributed by atoms with Crippen molar-refractivity contribution in [3.05, 3.63) is 70.8 Å². The summed E-state index contributed by atoms with van der Waals surface area (Å²) in [7, 11) is 0. The van der Waals surface area contributed by atoms with Gasteiger partial charge in [0.25, 0.3) is 0 Å². The number of nitrogens with one attached hydrogen (secondary N) is 15. The van der Waals surface area contributed by atoms with E-state index in [9.17, 15) is 127 Å². The van der Waals surface area contributed by atoms with Crippen molar-refractivity contribution in [2.45, 2.75) is 407 Å². The van der Waals surface area contributed by atoms with Gasteiger partial charge in [-0.15, -0.1) is 0 Å². The number of Topliss-reactive ketones (excluding diaryl/α,β-unsaturated/α-hetero) is 2. The van der Waals surface area contributed by atoms with Crippen LogP contribution < -0.4 is 79.8 Å². The van der Waals surface area contributed by atoms with Gasteiger partial charge >= 0.3 is 17.9 Å². The van der Waals surface area contributed by atoms with Crippen molar-refractivity contribution >= 4 is 118 Å². The molecule has 2 aromatic carbocycles. The monoisotopic (exact) mass is 2110 g/mol. The SMILES string of the molecule is CC(C)CNC(=O)[C@@H]1[C@H](C)NC(=O)[C@H]([C@@H](C)O)NC(=O)[C@H](CC(=O)O)NC(=O)[C@H](CC(C)C)NC(=O)[C@@H]2CCCN12.Cc1ccc(C[C@@H]2NC(=O)[C@@H]3CCCN3[C@H](C(=O)NC(C)(C)C)[C@H](C)NC(=O)[C@H]([C@@H](C)O)NC(=O)[C@H](CC(=O)O)CC(=O)[C@H](CC(C)C)NC2=O)cc1.Cc1ccc(C[C@@H]2NC(=O)[C@@H]3CCCN3[C@H](C(=O)NC(C)(C)C)[C@H](CC(C)C)NC(=O)[C@H]([C@@H](C)O)NC(=O)[C@H](CC(=O)O)CC(=O)[C@H](CC(C)C)NC2=O)cc1. The van der Waals surface area contributed by atoms with Gasteiger partial charge in [0, 0.05) is 43.3 Å². The lowest BCUT2D eigenvalue weighted by molar-refractivity contribution is -0.144. The first-order chi connectivity index (χ1) is 69.8. The summed E-state index contributed by atoms with van der Waals surface area (Å²) in [5.41, 5.74) is 2.12. The van der Waals surface area contributed by atoms with E-state index in [4.69, 9.17) is 0 Å². The number of hydrogen-bond donors (Lipinski definition) is 21. The van der Waals surface area contributed by atoms with Gasteiger partial charge in [-0.25, -0.2) is 0 Å². The number of aliphatic hydroxyl groups excluding tert-OH is 3. The zero-order chi connectivity index (χ0) is 113. The van der Waals surface area contributed by atoms with E-state index in [1.165, 1.54) is 20.8 Å². The van der Waals surface area contributed by atoms with Gasteiger partial charge in [0.2, 0.25) is 88.6 Å². The lowest BCUT2D eigenvalue weighted by Gasteiger charge is -2.40. The van der Waals surface area contributed by atoms with Crippen LogP contribution in [0.4, 0.5) is 0 Å². The zero-order valence-corrected chi connectivity index (χ0v) is 91.3. The molecule has 8 rings (SSSR count). The summed E-state index contributed by atoms with van der Waals surface area (Å²) in [6, 6.07) is -5.38. The topological polar surface area (TPSA) is 653 Å².